The predicted octanol–water partition coefficient (Wildman–Crippen LogP) is 3.89. The summed E-state index contributed by atoms with van der Waals surface area (Å²) in [6.07, 6.45) is 1.64. The fourth-order valence-electron chi connectivity index (χ4n) is 3.27. The Kier molecular flexibility index (Phi) is 5.96. The van der Waals surface area contributed by atoms with E-state index in [0.29, 0.717) is 11.1 Å². The van der Waals surface area contributed by atoms with Crippen LogP contribution in [-0.4, -0.2) is 11.8 Å². The van der Waals surface area contributed by atoms with Crippen LogP contribution in [0.4, 0.5) is 0 Å². The van der Waals surface area contributed by atoms with Crippen LogP contribution in [-0.2, 0) is 20.9 Å². The third-order valence-electron chi connectivity index (χ3n) is 4.27. The molecule has 0 amide bonds. The smallest absolute Gasteiger partial charge is 0.336 e. The van der Waals surface area contributed by atoms with Crippen LogP contribution in [0.5, 0.6) is 0 Å². The molecule has 128 valence electrons. The first-order valence-electron chi connectivity index (χ1n) is 8.36. The van der Waals surface area contributed by atoms with Gasteiger partial charge in [0.2, 0.25) is 0 Å². The summed E-state index contributed by atoms with van der Waals surface area (Å²) >= 11 is 0. The summed E-state index contributed by atoms with van der Waals surface area (Å²) in [6.45, 7) is 7.58. The zero-order chi connectivity index (χ0) is 17.7. The summed E-state index contributed by atoms with van der Waals surface area (Å²) in [6, 6.07) is 9.59. The number of allylic oxidation sites excluding steroid dienone is 3. The van der Waals surface area contributed by atoms with Gasteiger partial charge in [-0.05, 0) is 32.8 Å². The van der Waals surface area contributed by atoms with E-state index in [1.165, 1.54) is 0 Å². The second kappa shape index (κ2) is 7.95. The molecule has 4 heteroatoms. The maximum absolute atomic E-state index is 12.7. The van der Waals surface area contributed by atoms with Crippen molar-refractivity contribution in [1.29, 1.82) is 0 Å². The van der Waals surface area contributed by atoms with E-state index in [9.17, 15) is 9.59 Å². The van der Waals surface area contributed by atoms with Gasteiger partial charge < -0.3 is 10.1 Å². The van der Waals surface area contributed by atoms with Crippen molar-refractivity contribution < 1.29 is 14.3 Å². The monoisotopic (exact) mass is 327 g/mol. The highest BCUT2D eigenvalue weighted by atomic mass is 16.5. The fourth-order valence-corrected chi connectivity index (χ4v) is 3.27. The van der Waals surface area contributed by atoms with Crippen LogP contribution in [0.1, 0.15) is 46.1 Å². The molecule has 1 unspecified atom stereocenters. The molecule has 1 N–H and O–H groups in total. The number of nitrogens with one attached hydrogen (secondary N) is 1. The van der Waals surface area contributed by atoms with Crippen molar-refractivity contribution in [2.24, 2.45) is 5.92 Å². The van der Waals surface area contributed by atoms with E-state index in [1.54, 1.807) is 6.92 Å². The number of rotatable bonds is 6. The molecule has 1 aromatic rings. The van der Waals surface area contributed by atoms with Crippen molar-refractivity contribution in [3.05, 3.63) is 58.4 Å². The van der Waals surface area contributed by atoms with Crippen molar-refractivity contribution in [1.82, 2.24) is 5.32 Å². The van der Waals surface area contributed by atoms with Gasteiger partial charge in [0.05, 0.1) is 5.57 Å². The molecular weight excluding hydrogens is 302 g/mol. The molecule has 0 saturated carbocycles. The summed E-state index contributed by atoms with van der Waals surface area (Å²) in [5.74, 6) is -0.551. The Labute approximate surface area is 143 Å². The zero-order valence-electron chi connectivity index (χ0n) is 14.8. The minimum Gasteiger partial charge on any atom is -0.457 e. The normalized spacial score (nSPS) is 17.6. The molecule has 1 atom stereocenters. The maximum atomic E-state index is 12.7. The average Bonchev–Trinajstić information content (AvgIpc) is 2.53. The number of hydrogen-bond acceptors (Lipinski definition) is 4. The summed E-state index contributed by atoms with van der Waals surface area (Å²) in [5, 5.41) is 3.17. The first-order valence-corrected chi connectivity index (χ1v) is 8.36. The highest BCUT2D eigenvalue weighted by Crippen LogP contribution is 2.34. The molecule has 1 heterocycles. The van der Waals surface area contributed by atoms with E-state index in [1.807, 2.05) is 44.2 Å². The average molecular weight is 327 g/mol. The van der Waals surface area contributed by atoms with Gasteiger partial charge >= 0.3 is 5.97 Å². The van der Waals surface area contributed by atoms with Crippen molar-refractivity contribution in [2.45, 2.75) is 47.1 Å². The predicted molar refractivity (Wildman–Crippen MR) is 93.9 cm³/mol. The van der Waals surface area contributed by atoms with Crippen molar-refractivity contribution in [3.63, 3.8) is 0 Å². The SMILES string of the molecule is CCCC1C(C(C)=O)=C(C)NC(C)=C1C(=O)OCc1ccccc1. The minimum atomic E-state index is -0.353. The second-order valence-electron chi connectivity index (χ2n) is 6.16. The van der Waals surface area contributed by atoms with Crippen LogP contribution in [0.25, 0.3) is 0 Å². The number of carbonyl (C=O) groups is 2. The molecule has 2 rings (SSSR count). The van der Waals surface area contributed by atoms with E-state index in [-0.39, 0.29) is 24.3 Å². The van der Waals surface area contributed by atoms with Gasteiger partial charge in [0.15, 0.2) is 5.78 Å². The van der Waals surface area contributed by atoms with Gasteiger partial charge in [-0.25, -0.2) is 4.79 Å². The Morgan fingerprint density at radius 2 is 1.71 bits per heavy atom. The fraction of sp³-hybridized carbons (Fsp3) is 0.400. The molecular formula is C20H25NO3. The Balaban J connectivity index is 2.23. The Morgan fingerprint density at radius 3 is 2.29 bits per heavy atom. The van der Waals surface area contributed by atoms with E-state index < -0.39 is 0 Å². The van der Waals surface area contributed by atoms with Gasteiger partial charge in [0, 0.05) is 22.9 Å². The van der Waals surface area contributed by atoms with Crippen molar-refractivity contribution in [2.75, 3.05) is 0 Å². The van der Waals surface area contributed by atoms with E-state index >= 15 is 0 Å². The van der Waals surface area contributed by atoms with Crippen LogP contribution < -0.4 is 5.32 Å². The lowest BCUT2D eigenvalue weighted by atomic mass is 9.81. The molecule has 24 heavy (non-hydrogen) atoms. The van der Waals surface area contributed by atoms with Crippen LogP contribution in [0.15, 0.2) is 52.9 Å². The number of hydrogen-bond donors (Lipinski definition) is 1. The van der Waals surface area contributed by atoms with Gasteiger partial charge in [-0.1, -0.05) is 43.7 Å². The highest BCUT2D eigenvalue weighted by molar-refractivity contribution is 6.00. The summed E-state index contributed by atoms with van der Waals surface area (Å²) in [5.41, 5.74) is 3.81. The van der Waals surface area contributed by atoms with Crippen LogP contribution in [0.3, 0.4) is 0 Å². The van der Waals surface area contributed by atoms with Gasteiger partial charge in [-0.2, -0.15) is 0 Å². The van der Waals surface area contributed by atoms with Crippen LogP contribution in [0, 0.1) is 5.92 Å². The van der Waals surface area contributed by atoms with E-state index in [4.69, 9.17) is 4.74 Å². The quantitative estimate of drug-likeness (QED) is 0.806. The lowest BCUT2D eigenvalue weighted by molar-refractivity contribution is -0.141. The third-order valence-corrected chi connectivity index (χ3v) is 4.27. The molecule has 0 fully saturated rings. The lowest BCUT2D eigenvalue weighted by Gasteiger charge is -2.30. The lowest BCUT2D eigenvalue weighted by Crippen LogP contribution is -2.32. The Hall–Kier alpha value is -2.36. The molecule has 0 aliphatic carbocycles. The van der Waals surface area contributed by atoms with Gasteiger partial charge in [0.1, 0.15) is 6.61 Å². The number of Topliss-reactive ketones (excluding diaryl/α,β-unsaturated/α-hetero) is 1. The molecule has 4 nitrogen and oxygen atoms in total. The van der Waals surface area contributed by atoms with E-state index in [0.717, 1.165) is 29.8 Å². The van der Waals surface area contributed by atoms with Gasteiger partial charge in [0.25, 0.3) is 0 Å². The van der Waals surface area contributed by atoms with Crippen LogP contribution >= 0.6 is 0 Å². The van der Waals surface area contributed by atoms with Crippen molar-refractivity contribution in [3.8, 4) is 0 Å². The standard InChI is InChI=1S/C20H25NO3/c1-5-9-17-18(15(4)22)13(2)21-14(3)19(17)20(23)24-12-16-10-7-6-8-11-16/h6-8,10-11,17,21H,5,9,12H2,1-4H3. The van der Waals surface area contributed by atoms with Gasteiger partial charge in [-0.15, -0.1) is 0 Å². The minimum absolute atomic E-state index is 0.000639. The highest BCUT2D eigenvalue weighted by Gasteiger charge is 2.33. The topological polar surface area (TPSA) is 55.4 Å². The molecule has 0 spiro atoms. The van der Waals surface area contributed by atoms with Crippen molar-refractivity contribution >= 4 is 11.8 Å². The second-order valence-corrected chi connectivity index (χ2v) is 6.16. The third kappa shape index (κ3) is 3.94. The Morgan fingerprint density at radius 1 is 1.08 bits per heavy atom. The maximum Gasteiger partial charge on any atom is 0.336 e. The van der Waals surface area contributed by atoms with Gasteiger partial charge in [-0.3, -0.25) is 4.79 Å². The van der Waals surface area contributed by atoms with Crippen LogP contribution in [0.2, 0.25) is 0 Å². The number of ketones is 1. The summed E-state index contributed by atoms with van der Waals surface area (Å²) in [4.78, 5) is 24.8. The molecule has 0 radical (unpaired) electrons. The first kappa shape index (κ1) is 18.0. The molecule has 1 aromatic carbocycles. The number of carbonyl (C=O) groups excluding carboxylic acids is 2. The number of benzene rings is 1. The molecule has 0 saturated heterocycles. The molecule has 0 bridgehead atoms. The largest absolute Gasteiger partial charge is 0.457 e. The first-order chi connectivity index (χ1) is 11.5. The number of esters is 1. The number of ether oxygens (including phenoxy) is 1. The molecule has 1 aliphatic rings. The molecule has 1 aliphatic heterocycles. The zero-order valence-corrected chi connectivity index (χ0v) is 14.8. The number of dihydropyridines is 1. The summed E-state index contributed by atoms with van der Waals surface area (Å²) in [7, 11) is 0. The summed E-state index contributed by atoms with van der Waals surface area (Å²) < 4.78 is 5.51. The van der Waals surface area contributed by atoms with E-state index in [2.05, 4.69) is 12.2 Å². The Bertz CT molecular complexity index is 686. The molecule has 0 aromatic heterocycles.